The number of nitrogens with zero attached hydrogens (tertiary/aromatic N) is 6. The van der Waals surface area contributed by atoms with Gasteiger partial charge < -0.3 is 41.3 Å². The van der Waals surface area contributed by atoms with Gasteiger partial charge in [-0.15, -0.1) is 0 Å². The van der Waals surface area contributed by atoms with Gasteiger partial charge in [0.15, 0.2) is 17.7 Å². The highest BCUT2D eigenvalue weighted by molar-refractivity contribution is 5.93. The molecule has 1 saturated heterocycles. The average molecular weight is 480 g/mol. The number of ether oxygens (including phenoxy) is 1. The molecule has 8 N–H and O–H groups in total. The van der Waals surface area contributed by atoms with Crippen LogP contribution >= 0.6 is 0 Å². The minimum absolute atomic E-state index is 0.0579. The van der Waals surface area contributed by atoms with E-state index in [1.807, 2.05) is 0 Å². The first-order valence-corrected chi connectivity index (χ1v) is 9.89. The third-order valence-electron chi connectivity index (χ3n) is 4.86. The first-order valence-electron chi connectivity index (χ1n) is 9.89. The monoisotopic (exact) mass is 480 g/mol. The Balaban J connectivity index is 0.000000481. The van der Waals surface area contributed by atoms with Gasteiger partial charge in [0.2, 0.25) is 0 Å². The number of nitrogens with two attached hydrogens (primary N) is 1. The average Bonchev–Trinajstić information content (AvgIpc) is 3.52. The molecule has 3 aromatic heterocycles. The van der Waals surface area contributed by atoms with E-state index >= 15 is 0 Å². The van der Waals surface area contributed by atoms with E-state index in [9.17, 15) is 24.9 Å². The molecule has 0 bridgehead atoms. The Morgan fingerprint density at radius 1 is 1.29 bits per heavy atom. The van der Waals surface area contributed by atoms with Gasteiger partial charge in [-0.2, -0.15) is 15.1 Å². The van der Waals surface area contributed by atoms with Crippen LogP contribution in [0.25, 0.3) is 17.1 Å². The Kier molecular flexibility index (Phi) is 7.38. The van der Waals surface area contributed by atoms with Gasteiger partial charge in [0.05, 0.1) is 24.7 Å². The zero-order chi connectivity index (χ0) is 25.2. The summed E-state index contributed by atoms with van der Waals surface area (Å²) < 4.78 is 8.18. The molecule has 1 fully saturated rings. The number of nitrogens with one attached hydrogen (secondary N) is 1. The second-order valence-electron chi connectivity index (χ2n) is 7.23. The quantitative estimate of drug-likeness (QED) is 0.193. The number of anilines is 1. The fourth-order valence-corrected chi connectivity index (χ4v) is 3.02. The van der Waals surface area contributed by atoms with Crippen molar-refractivity contribution in [3.8, 4) is 5.95 Å². The molecule has 3 aromatic rings. The SMILES string of the molecule is CC(O)C(=O)O.CNC(=O)c1cnn(-c2nc(N)c3ncn([C@@H]4O[C@H](CO)[C@@H](O)[C@H]4O)c3n2)c1. The van der Waals surface area contributed by atoms with Crippen molar-refractivity contribution in [3.05, 3.63) is 24.3 Å². The summed E-state index contributed by atoms with van der Waals surface area (Å²) in [6, 6.07) is 0. The summed E-state index contributed by atoms with van der Waals surface area (Å²) in [5.41, 5.74) is 6.78. The van der Waals surface area contributed by atoms with Gasteiger partial charge in [-0.25, -0.2) is 14.5 Å². The Morgan fingerprint density at radius 3 is 2.53 bits per heavy atom. The number of hydrogen-bond acceptors (Lipinski definition) is 12. The number of aliphatic hydroxyl groups excluding tert-OH is 4. The number of fused-ring (bicyclic) bond motifs is 1. The van der Waals surface area contributed by atoms with Crippen LogP contribution in [0.3, 0.4) is 0 Å². The highest BCUT2D eigenvalue weighted by atomic mass is 16.6. The van der Waals surface area contributed by atoms with Crippen LogP contribution in [0.1, 0.15) is 23.5 Å². The summed E-state index contributed by atoms with van der Waals surface area (Å²) in [6.45, 7) is 0.738. The van der Waals surface area contributed by atoms with Gasteiger partial charge in [-0.1, -0.05) is 0 Å². The first-order chi connectivity index (χ1) is 16.1. The summed E-state index contributed by atoms with van der Waals surface area (Å²) in [4.78, 5) is 33.8. The van der Waals surface area contributed by atoms with E-state index in [0.29, 0.717) is 5.56 Å². The van der Waals surface area contributed by atoms with Gasteiger partial charge in [0, 0.05) is 13.2 Å². The molecule has 1 aliphatic rings. The van der Waals surface area contributed by atoms with Gasteiger partial charge in [-0.05, 0) is 6.92 Å². The van der Waals surface area contributed by atoms with Crippen molar-refractivity contribution in [3.63, 3.8) is 0 Å². The molecule has 34 heavy (non-hydrogen) atoms. The molecule has 0 spiro atoms. The number of hydrogen-bond donors (Lipinski definition) is 7. The van der Waals surface area contributed by atoms with E-state index < -0.39 is 43.2 Å². The second kappa shape index (κ2) is 10.1. The summed E-state index contributed by atoms with van der Waals surface area (Å²) in [5, 5.41) is 51.8. The number of carbonyl (C=O) groups is 2. The van der Waals surface area contributed by atoms with E-state index in [-0.39, 0.29) is 28.8 Å². The van der Waals surface area contributed by atoms with Crippen LogP contribution in [0.5, 0.6) is 0 Å². The number of rotatable bonds is 5. The highest BCUT2D eigenvalue weighted by Crippen LogP contribution is 2.32. The molecule has 1 amide bonds. The van der Waals surface area contributed by atoms with Crippen LogP contribution in [0.4, 0.5) is 5.82 Å². The lowest BCUT2D eigenvalue weighted by Gasteiger charge is -2.16. The predicted molar refractivity (Wildman–Crippen MR) is 113 cm³/mol. The number of carboxylic acids is 1. The molecule has 1 aliphatic heterocycles. The summed E-state index contributed by atoms with van der Waals surface area (Å²) >= 11 is 0. The van der Waals surface area contributed by atoms with E-state index in [1.165, 1.54) is 41.9 Å². The van der Waals surface area contributed by atoms with Crippen molar-refractivity contribution in [2.24, 2.45) is 0 Å². The van der Waals surface area contributed by atoms with Crippen molar-refractivity contribution in [2.45, 2.75) is 37.6 Å². The molecular weight excluding hydrogens is 456 g/mol. The van der Waals surface area contributed by atoms with Crippen LogP contribution in [0.15, 0.2) is 18.7 Å². The van der Waals surface area contributed by atoms with Crippen molar-refractivity contribution in [1.29, 1.82) is 0 Å². The largest absolute Gasteiger partial charge is 0.479 e. The summed E-state index contributed by atoms with van der Waals surface area (Å²) in [6.07, 6.45) is -1.65. The predicted octanol–water partition coefficient (Wildman–Crippen LogP) is -2.98. The van der Waals surface area contributed by atoms with E-state index in [4.69, 9.17) is 20.7 Å². The molecule has 0 aliphatic carbocycles. The number of carbonyl (C=O) groups excluding carboxylic acids is 1. The molecule has 1 unspecified atom stereocenters. The molecule has 0 aromatic carbocycles. The third kappa shape index (κ3) is 4.80. The molecule has 0 saturated carbocycles. The zero-order valence-electron chi connectivity index (χ0n) is 18.0. The Morgan fingerprint density at radius 2 is 1.97 bits per heavy atom. The molecule has 4 heterocycles. The van der Waals surface area contributed by atoms with Gasteiger partial charge in [0.25, 0.3) is 11.9 Å². The lowest BCUT2D eigenvalue weighted by Crippen LogP contribution is -2.33. The third-order valence-corrected chi connectivity index (χ3v) is 4.86. The minimum Gasteiger partial charge on any atom is -0.479 e. The van der Waals surface area contributed by atoms with Crippen LogP contribution in [-0.2, 0) is 9.53 Å². The van der Waals surface area contributed by atoms with Gasteiger partial charge in [0.1, 0.15) is 29.9 Å². The molecule has 4 rings (SSSR count). The van der Waals surface area contributed by atoms with Crippen LogP contribution < -0.4 is 11.1 Å². The van der Waals surface area contributed by atoms with Gasteiger partial charge >= 0.3 is 5.97 Å². The normalized spacial score (nSPS) is 22.8. The Hall–Kier alpha value is -3.70. The lowest BCUT2D eigenvalue weighted by atomic mass is 10.1. The van der Waals surface area contributed by atoms with Crippen molar-refractivity contribution < 1.29 is 39.9 Å². The van der Waals surface area contributed by atoms with E-state index in [2.05, 4.69) is 25.4 Å². The zero-order valence-corrected chi connectivity index (χ0v) is 18.0. The van der Waals surface area contributed by atoms with Gasteiger partial charge in [-0.3, -0.25) is 9.36 Å². The molecule has 16 heteroatoms. The van der Waals surface area contributed by atoms with E-state index in [0.717, 1.165) is 0 Å². The number of nitrogen functional groups attached to an aromatic ring is 1. The maximum absolute atomic E-state index is 11.7. The number of imidazole rings is 1. The Labute approximate surface area is 191 Å². The molecular formula is C18H24N8O8. The van der Waals surface area contributed by atoms with Crippen molar-refractivity contribution in [2.75, 3.05) is 19.4 Å². The minimum atomic E-state index is -1.31. The van der Waals surface area contributed by atoms with Crippen LogP contribution in [0, 0.1) is 0 Å². The fourth-order valence-electron chi connectivity index (χ4n) is 3.02. The van der Waals surface area contributed by atoms with Crippen molar-refractivity contribution in [1.82, 2.24) is 34.6 Å². The number of aliphatic hydroxyl groups is 4. The Bertz CT molecular complexity index is 1180. The standard InChI is InChI=1S/C15H18N8O5.C3H6O3/c1-17-13(27)6-2-19-23(3-6)15-20-11(16)8-12(21-15)22(5-18-8)14-10(26)9(25)7(4-24)28-14;1-2(4)3(5)6/h2-3,5,7,9-10,14,24-26H,4H2,1H3,(H,17,27)(H2,16,20,21);2,4H,1H3,(H,5,6)/t7-,9-,10-,14-;/m1./s1. The molecule has 0 radical (unpaired) electrons. The number of aliphatic carboxylic acids is 1. The number of carboxylic acid groups (broad SMARTS) is 1. The van der Waals surface area contributed by atoms with E-state index in [1.54, 1.807) is 0 Å². The molecule has 5 atom stereocenters. The molecule has 184 valence electrons. The van der Waals surface area contributed by atoms with Crippen LogP contribution in [-0.4, -0.2) is 105 Å². The summed E-state index contributed by atoms with van der Waals surface area (Å²) in [5.74, 6) is -1.37. The molecule has 16 nitrogen and oxygen atoms in total. The lowest BCUT2D eigenvalue weighted by molar-refractivity contribution is -0.145. The second-order valence-corrected chi connectivity index (χ2v) is 7.23. The van der Waals surface area contributed by atoms with Crippen molar-refractivity contribution >= 4 is 28.9 Å². The maximum Gasteiger partial charge on any atom is 0.332 e. The number of aromatic nitrogens is 6. The smallest absolute Gasteiger partial charge is 0.332 e. The maximum atomic E-state index is 11.7. The highest BCUT2D eigenvalue weighted by Gasteiger charge is 2.44. The first kappa shape index (κ1) is 24.9. The topological polar surface area (TPSA) is 244 Å². The number of amides is 1. The summed E-state index contributed by atoms with van der Waals surface area (Å²) in [7, 11) is 1.50. The van der Waals surface area contributed by atoms with Crippen LogP contribution in [0.2, 0.25) is 0 Å². The fraction of sp³-hybridized carbons (Fsp3) is 0.444.